The van der Waals surface area contributed by atoms with Gasteiger partial charge in [-0.2, -0.15) is 0 Å². The Labute approximate surface area is 188 Å². The predicted molar refractivity (Wildman–Crippen MR) is 120 cm³/mol. The Kier molecular flexibility index (Phi) is 6.48. The minimum Gasteiger partial charge on any atom is -0.347 e. The van der Waals surface area contributed by atoms with Crippen LogP contribution < -0.4 is 10.2 Å². The number of carbonyl (C=O) groups excluding carboxylic acids is 3. The summed E-state index contributed by atoms with van der Waals surface area (Å²) in [4.78, 5) is 50.1. The second-order valence-corrected chi connectivity index (χ2v) is 8.44. The molecule has 1 N–H and O–H groups in total. The average molecular weight is 436 g/mol. The number of anilines is 1. The van der Waals surface area contributed by atoms with Crippen molar-refractivity contribution in [3.05, 3.63) is 53.0 Å². The molecular formula is C24H29N5O3. The summed E-state index contributed by atoms with van der Waals surface area (Å²) in [5.74, 6) is 0.911. The molecule has 8 nitrogen and oxygen atoms in total. The van der Waals surface area contributed by atoms with Gasteiger partial charge >= 0.3 is 0 Å². The third-order valence-corrected chi connectivity index (χ3v) is 6.15. The van der Waals surface area contributed by atoms with Crippen LogP contribution in [0.15, 0.2) is 30.3 Å². The monoisotopic (exact) mass is 435 g/mol. The largest absolute Gasteiger partial charge is 0.347 e. The fraction of sp³-hybridized carbons (Fsp3) is 0.458. The van der Waals surface area contributed by atoms with E-state index in [0.717, 1.165) is 36.1 Å². The van der Waals surface area contributed by atoms with Crippen molar-refractivity contribution >= 4 is 23.5 Å². The quantitative estimate of drug-likeness (QED) is 0.778. The molecule has 0 aliphatic carbocycles. The molecule has 0 saturated carbocycles. The van der Waals surface area contributed by atoms with Gasteiger partial charge in [0, 0.05) is 31.1 Å². The number of aryl methyl sites for hydroxylation is 1. The zero-order valence-electron chi connectivity index (χ0n) is 18.6. The highest BCUT2D eigenvalue weighted by Crippen LogP contribution is 2.34. The summed E-state index contributed by atoms with van der Waals surface area (Å²) >= 11 is 0. The predicted octanol–water partition coefficient (Wildman–Crippen LogP) is 2.45. The molecule has 0 spiro atoms. The molecule has 8 heteroatoms. The van der Waals surface area contributed by atoms with Gasteiger partial charge in [0.15, 0.2) is 5.82 Å². The Morgan fingerprint density at radius 3 is 2.66 bits per heavy atom. The number of amides is 3. The molecule has 1 aromatic carbocycles. The van der Waals surface area contributed by atoms with Crippen molar-refractivity contribution in [2.75, 3.05) is 18.0 Å². The zero-order valence-corrected chi connectivity index (χ0v) is 18.6. The van der Waals surface area contributed by atoms with Gasteiger partial charge in [0.2, 0.25) is 17.7 Å². The number of aromatic nitrogens is 2. The van der Waals surface area contributed by atoms with Gasteiger partial charge in [-0.3, -0.25) is 19.3 Å². The number of nitrogens with one attached hydrogen (secondary N) is 1. The Bertz CT molecular complexity index is 1020. The lowest BCUT2D eigenvalue weighted by atomic mass is 9.99. The number of hydrogen-bond donors (Lipinski definition) is 1. The highest BCUT2D eigenvalue weighted by Gasteiger charge is 2.33. The van der Waals surface area contributed by atoms with Crippen molar-refractivity contribution in [3.8, 4) is 0 Å². The first-order valence-corrected chi connectivity index (χ1v) is 11.2. The molecule has 1 atom stereocenters. The van der Waals surface area contributed by atoms with Crippen molar-refractivity contribution in [2.24, 2.45) is 0 Å². The van der Waals surface area contributed by atoms with Crippen LogP contribution in [-0.4, -0.2) is 45.7 Å². The summed E-state index contributed by atoms with van der Waals surface area (Å²) in [6.45, 7) is 4.38. The van der Waals surface area contributed by atoms with Crippen molar-refractivity contribution < 1.29 is 14.4 Å². The Hall–Kier alpha value is -3.29. The molecule has 3 amide bonds. The number of rotatable bonds is 5. The van der Waals surface area contributed by atoms with Gasteiger partial charge < -0.3 is 10.2 Å². The molecule has 32 heavy (non-hydrogen) atoms. The molecule has 4 rings (SSSR count). The number of carbonyl (C=O) groups is 3. The van der Waals surface area contributed by atoms with E-state index in [0.29, 0.717) is 37.6 Å². The fourth-order valence-electron chi connectivity index (χ4n) is 4.48. The molecule has 1 saturated heterocycles. The van der Waals surface area contributed by atoms with Gasteiger partial charge in [-0.25, -0.2) is 9.97 Å². The highest BCUT2D eigenvalue weighted by atomic mass is 16.2. The maximum atomic E-state index is 12.8. The van der Waals surface area contributed by atoms with E-state index in [-0.39, 0.29) is 30.3 Å². The van der Waals surface area contributed by atoms with Crippen LogP contribution in [0.5, 0.6) is 0 Å². The van der Waals surface area contributed by atoms with E-state index in [1.54, 1.807) is 9.80 Å². The minimum atomic E-state index is -0.260. The lowest BCUT2D eigenvalue weighted by Gasteiger charge is -2.36. The van der Waals surface area contributed by atoms with E-state index in [1.165, 1.54) is 6.92 Å². The second kappa shape index (κ2) is 9.46. The maximum Gasteiger partial charge on any atom is 0.242 e. The van der Waals surface area contributed by atoms with Crippen LogP contribution in [0.25, 0.3) is 0 Å². The van der Waals surface area contributed by atoms with Gasteiger partial charge in [-0.1, -0.05) is 30.3 Å². The summed E-state index contributed by atoms with van der Waals surface area (Å²) in [5, 5.41) is 2.59. The Morgan fingerprint density at radius 1 is 1.12 bits per heavy atom. The van der Waals surface area contributed by atoms with Gasteiger partial charge in [0.05, 0.1) is 19.1 Å². The van der Waals surface area contributed by atoms with Crippen molar-refractivity contribution in [3.63, 3.8) is 0 Å². The first-order chi connectivity index (χ1) is 15.4. The highest BCUT2D eigenvalue weighted by molar-refractivity contribution is 5.95. The summed E-state index contributed by atoms with van der Waals surface area (Å²) in [6, 6.07) is 9.61. The lowest BCUT2D eigenvalue weighted by molar-refractivity contribution is -0.136. The van der Waals surface area contributed by atoms with E-state index in [9.17, 15) is 14.4 Å². The number of piperidine rings is 1. The van der Waals surface area contributed by atoms with Crippen LogP contribution in [-0.2, 0) is 27.3 Å². The lowest BCUT2D eigenvalue weighted by Crippen LogP contribution is -2.44. The molecular weight excluding hydrogens is 406 g/mol. The number of nitrogens with zero attached hydrogens (tertiary/aromatic N) is 4. The number of hydrogen-bond acceptors (Lipinski definition) is 5. The summed E-state index contributed by atoms with van der Waals surface area (Å²) in [6.07, 6.45) is 3.71. The maximum absolute atomic E-state index is 12.8. The van der Waals surface area contributed by atoms with Crippen LogP contribution in [0, 0.1) is 6.92 Å². The van der Waals surface area contributed by atoms with E-state index in [1.807, 2.05) is 37.3 Å². The Balaban J connectivity index is 1.66. The van der Waals surface area contributed by atoms with Gasteiger partial charge in [-0.05, 0) is 38.2 Å². The molecule has 3 heterocycles. The molecule has 0 bridgehead atoms. The van der Waals surface area contributed by atoms with Crippen LogP contribution in [0.4, 0.5) is 5.82 Å². The van der Waals surface area contributed by atoms with Crippen LogP contribution in [0.2, 0.25) is 0 Å². The SMILES string of the molecule is CC(=O)NCC(=O)N1CCCCC1c1nc(C)c2c(n1)N(Cc1ccccc1)C(=O)CC2. The molecule has 1 unspecified atom stereocenters. The smallest absolute Gasteiger partial charge is 0.242 e. The van der Waals surface area contributed by atoms with Gasteiger partial charge in [0.1, 0.15) is 5.82 Å². The first-order valence-electron chi connectivity index (χ1n) is 11.2. The minimum absolute atomic E-state index is 0.0334. The average Bonchev–Trinajstić information content (AvgIpc) is 2.80. The van der Waals surface area contributed by atoms with Crippen molar-refractivity contribution in [1.29, 1.82) is 0 Å². The summed E-state index contributed by atoms with van der Waals surface area (Å²) in [7, 11) is 0. The Morgan fingerprint density at radius 2 is 1.91 bits per heavy atom. The van der Waals surface area contributed by atoms with E-state index < -0.39 is 0 Å². The van der Waals surface area contributed by atoms with Crippen LogP contribution in [0.1, 0.15) is 61.3 Å². The molecule has 0 radical (unpaired) electrons. The molecule has 2 aliphatic heterocycles. The third-order valence-electron chi connectivity index (χ3n) is 6.15. The molecule has 2 aliphatic rings. The molecule has 1 fully saturated rings. The van der Waals surface area contributed by atoms with Crippen LogP contribution >= 0.6 is 0 Å². The molecule has 1 aromatic heterocycles. The van der Waals surface area contributed by atoms with Gasteiger partial charge in [-0.15, -0.1) is 0 Å². The zero-order chi connectivity index (χ0) is 22.7. The second-order valence-electron chi connectivity index (χ2n) is 8.44. The molecule has 2 aromatic rings. The summed E-state index contributed by atoms with van der Waals surface area (Å²) in [5.41, 5.74) is 2.89. The topological polar surface area (TPSA) is 95.5 Å². The number of likely N-dealkylation sites (tertiary alicyclic amines) is 1. The first kappa shape index (κ1) is 21.9. The van der Waals surface area contributed by atoms with E-state index >= 15 is 0 Å². The number of benzene rings is 1. The fourth-order valence-corrected chi connectivity index (χ4v) is 4.48. The van der Waals surface area contributed by atoms with Crippen molar-refractivity contribution in [2.45, 2.75) is 58.5 Å². The standard InChI is InChI=1S/C24H29N5O3/c1-16-19-11-12-21(31)29(15-18-8-4-3-5-9-18)24(19)27-23(26-16)20-10-6-7-13-28(20)22(32)14-25-17(2)30/h3-5,8-9,20H,6-7,10-15H2,1-2H3,(H,25,30). The number of fused-ring (bicyclic) bond motifs is 1. The molecule has 168 valence electrons. The van der Waals surface area contributed by atoms with E-state index in [2.05, 4.69) is 5.32 Å². The van der Waals surface area contributed by atoms with Crippen molar-refractivity contribution in [1.82, 2.24) is 20.2 Å². The van der Waals surface area contributed by atoms with Crippen LogP contribution in [0.3, 0.4) is 0 Å². The van der Waals surface area contributed by atoms with Gasteiger partial charge in [0.25, 0.3) is 0 Å². The van der Waals surface area contributed by atoms with E-state index in [4.69, 9.17) is 9.97 Å². The summed E-state index contributed by atoms with van der Waals surface area (Å²) < 4.78 is 0. The third kappa shape index (κ3) is 4.64. The normalized spacial score (nSPS) is 18.3.